The van der Waals surface area contributed by atoms with E-state index in [0.717, 1.165) is 17.8 Å². The minimum Gasteiger partial charge on any atom is -0.482 e. The van der Waals surface area contributed by atoms with E-state index in [2.05, 4.69) is 15.6 Å². The molecule has 2 N–H and O–H groups in total. The Bertz CT molecular complexity index is 915. The van der Waals surface area contributed by atoms with Crippen LogP contribution in [-0.4, -0.2) is 38.6 Å². The van der Waals surface area contributed by atoms with Crippen LogP contribution in [-0.2, 0) is 17.5 Å². The Kier molecular flexibility index (Phi) is 6.81. The molecule has 1 aliphatic heterocycles. The van der Waals surface area contributed by atoms with Gasteiger partial charge in [-0.15, -0.1) is 0 Å². The molecule has 3 rings (SSSR count). The van der Waals surface area contributed by atoms with Crippen LogP contribution >= 0.6 is 0 Å². The van der Waals surface area contributed by atoms with Crippen LogP contribution in [0.3, 0.4) is 0 Å². The van der Waals surface area contributed by atoms with E-state index >= 15 is 0 Å². The molecule has 30 heavy (non-hydrogen) atoms. The van der Waals surface area contributed by atoms with Gasteiger partial charge in [0.15, 0.2) is 12.6 Å². The van der Waals surface area contributed by atoms with Gasteiger partial charge in [0.05, 0.1) is 11.3 Å². The number of benzene rings is 2. The van der Waals surface area contributed by atoms with Crippen LogP contribution in [0.4, 0.5) is 18.9 Å². The highest BCUT2D eigenvalue weighted by Crippen LogP contribution is 2.31. The Morgan fingerprint density at radius 1 is 1.17 bits per heavy atom. The van der Waals surface area contributed by atoms with E-state index < -0.39 is 11.7 Å². The highest BCUT2D eigenvalue weighted by Gasteiger charge is 2.30. The fraction of sp³-hybridized carbons (Fsp3) is 0.333. The maximum atomic E-state index is 12.8. The molecule has 0 fully saturated rings. The minimum absolute atomic E-state index is 0.0185. The lowest BCUT2D eigenvalue weighted by Crippen LogP contribution is -2.42. The predicted molar refractivity (Wildman–Crippen MR) is 109 cm³/mol. The number of nitrogens with zero attached hydrogens (tertiary/aromatic N) is 2. The predicted octanol–water partition coefficient (Wildman–Crippen LogP) is 3.19. The van der Waals surface area contributed by atoms with Crippen LogP contribution in [0.25, 0.3) is 0 Å². The van der Waals surface area contributed by atoms with Gasteiger partial charge in [0, 0.05) is 26.7 Å². The lowest BCUT2D eigenvalue weighted by atomic mass is 10.1. The number of guanidine groups is 1. The third-order valence-electron chi connectivity index (χ3n) is 4.60. The number of halogens is 3. The third kappa shape index (κ3) is 5.43. The molecule has 0 saturated heterocycles. The Labute approximate surface area is 172 Å². The molecule has 0 unspecified atom stereocenters. The number of fused-ring (bicyclic) bond motifs is 1. The van der Waals surface area contributed by atoms with Gasteiger partial charge >= 0.3 is 6.18 Å². The zero-order valence-corrected chi connectivity index (χ0v) is 16.5. The monoisotopic (exact) mass is 420 g/mol. The highest BCUT2D eigenvalue weighted by atomic mass is 19.4. The number of anilines is 1. The van der Waals surface area contributed by atoms with Gasteiger partial charge in [0.25, 0.3) is 5.91 Å². The van der Waals surface area contributed by atoms with Crippen molar-refractivity contribution in [1.82, 2.24) is 10.6 Å². The summed E-state index contributed by atoms with van der Waals surface area (Å²) in [5.74, 6) is 1.06. The van der Waals surface area contributed by atoms with Crippen molar-refractivity contribution in [3.05, 3.63) is 59.7 Å². The number of ether oxygens (including phenoxy) is 1. The summed E-state index contributed by atoms with van der Waals surface area (Å²) in [4.78, 5) is 17.9. The molecule has 0 aromatic heterocycles. The Hall–Kier alpha value is -3.23. The van der Waals surface area contributed by atoms with Gasteiger partial charge in [-0.25, -0.2) is 0 Å². The highest BCUT2D eigenvalue weighted by molar-refractivity contribution is 5.97. The number of aliphatic imine (C=N–C) groups is 1. The lowest BCUT2D eigenvalue weighted by molar-refractivity contribution is -0.137. The molecule has 0 bridgehead atoms. The van der Waals surface area contributed by atoms with E-state index in [1.165, 1.54) is 6.07 Å². The van der Waals surface area contributed by atoms with Crippen molar-refractivity contribution >= 4 is 17.6 Å². The van der Waals surface area contributed by atoms with Gasteiger partial charge in [-0.2, -0.15) is 13.2 Å². The van der Waals surface area contributed by atoms with Gasteiger partial charge in [-0.3, -0.25) is 9.79 Å². The molecule has 6 nitrogen and oxygen atoms in total. The number of rotatable bonds is 6. The summed E-state index contributed by atoms with van der Waals surface area (Å²) in [6.45, 7) is 1.27. The number of amides is 1. The summed E-state index contributed by atoms with van der Waals surface area (Å²) in [6, 6.07) is 12.5. The molecule has 0 saturated carbocycles. The molecule has 0 radical (unpaired) electrons. The van der Waals surface area contributed by atoms with Crippen molar-refractivity contribution in [3.8, 4) is 5.75 Å². The quantitative estimate of drug-likeness (QED) is 0.428. The topological polar surface area (TPSA) is 66.0 Å². The first-order valence-electron chi connectivity index (χ1n) is 9.51. The number of para-hydroxylation sites is 2. The van der Waals surface area contributed by atoms with E-state index in [-0.39, 0.29) is 19.1 Å². The maximum Gasteiger partial charge on any atom is 0.416 e. The standard InChI is InChI=1S/C21H23F3N4O2/c1-25-20(27-13-15-6-4-7-16(12-15)21(22,23)24)26-10-5-11-28-17-8-2-3-9-18(17)30-14-19(28)29/h2-4,6-9,12H,5,10-11,13-14H2,1H3,(H2,25,26,27). The molecule has 0 aliphatic carbocycles. The second kappa shape index (κ2) is 9.51. The van der Waals surface area contributed by atoms with Gasteiger partial charge in [0.1, 0.15) is 5.75 Å². The molecule has 160 valence electrons. The minimum atomic E-state index is -4.37. The molecule has 1 aliphatic rings. The summed E-state index contributed by atoms with van der Waals surface area (Å²) in [6.07, 6.45) is -3.71. The summed E-state index contributed by atoms with van der Waals surface area (Å²) >= 11 is 0. The number of hydrogen-bond donors (Lipinski definition) is 2. The first-order chi connectivity index (χ1) is 14.4. The van der Waals surface area contributed by atoms with Crippen molar-refractivity contribution < 1.29 is 22.7 Å². The van der Waals surface area contributed by atoms with E-state index in [4.69, 9.17) is 4.74 Å². The van der Waals surface area contributed by atoms with Gasteiger partial charge in [-0.05, 0) is 36.2 Å². The largest absolute Gasteiger partial charge is 0.482 e. The van der Waals surface area contributed by atoms with Crippen molar-refractivity contribution in [2.24, 2.45) is 4.99 Å². The normalized spacial score (nSPS) is 14.2. The van der Waals surface area contributed by atoms with Gasteiger partial charge in [0.2, 0.25) is 0 Å². The summed E-state index contributed by atoms with van der Waals surface area (Å²) in [5.41, 5.74) is 0.573. The van der Waals surface area contributed by atoms with Crippen molar-refractivity contribution in [3.63, 3.8) is 0 Å². The zero-order valence-electron chi connectivity index (χ0n) is 16.5. The number of carbonyl (C=O) groups is 1. The molecule has 9 heteroatoms. The second-order valence-corrected chi connectivity index (χ2v) is 6.71. The fourth-order valence-corrected chi connectivity index (χ4v) is 3.11. The van der Waals surface area contributed by atoms with Crippen LogP contribution in [0.1, 0.15) is 17.5 Å². The summed E-state index contributed by atoms with van der Waals surface area (Å²) < 4.78 is 43.9. The van der Waals surface area contributed by atoms with E-state index in [1.807, 2.05) is 24.3 Å². The molecule has 0 atom stereocenters. The molecular weight excluding hydrogens is 397 g/mol. The number of carbonyl (C=O) groups excluding carboxylic acids is 1. The van der Waals surface area contributed by atoms with Crippen LogP contribution < -0.4 is 20.3 Å². The average Bonchev–Trinajstić information content (AvgIpc) is 2.74. The molecule has 0 spiro atoms. The number of hydrogen-bond acceptors (Lipinski definition) is 3. The van der Waals surface area contributed by atoms with E-state index in [1.54, 1.807) is 18.0 Å². The molecule has 1 heterocycles. The first-order valence-corrected chi connectivity index (χ1v) is 9.51. The van der Waals surface area contributed by atoms with Crippen molar-refractivity contribution in [1.29, 1.82) is 0 Å². The fourth-order valence-electron chi connectivity index (χ4n) is 3.11. The molecule has 2 aromatic rings. The van der Waals surface area contributed by atoms with Crippen LogP contribution in [0.2, 0.25) is 0 Å². The first kappa shape index (κ1) is 21.5. The maximum absolute atomic E-state index is 12.8. The Balaban J connectivity index is 1.47. The third-order valence-corrected chi connectivity index (χ3v) is 4.60. The smallest absolute Gasteiger partial charge is 0.416 e. The second-order valence-electron chi connectivity index (χ2n) is 6.71. The van der Waals surface area contributed by atoms with Gasteiger partial charge < -0.3 is 20.3 Å². The molecule has 1 amide bonds. The Morgan fingerprint density at radius 2 is 1.97 bits per heavy atom. The summed E-state index contributed by atoms with van der Waals surface area (Å²) in [5, 5.41) is 6.11. The summed E-state index contributed by atoms with van der Waals surface area (Å²) in [7, 11) is 1.59. The van der Waals surface area contributed by atoms with Crippen LogP contribution in [0.15, 0.2) is 53.5 Å². The average molecular weight is 420 g/mol. The van der Waals surface area contributed by atoms with E-state index in [0.29, 0.717) is 36.8 Å². The lowest BCUT2D eigenvalue weighted by Gasteiger charge is -2.29. The Morgan fingerprint density at radius 3 is 2.73 bits per heavy atom. The molecule has 2 aromatic carbocycles. The van der Waals surface area contributed by atoms with Crippen molar-refractivity contribution in [2.75, 3.05) is 31.6 Å². The zero-order chi connectivity index (χ0) is 21.6. The van der Waals surface area contributed by atoms with Crippen LogP contribution in [0.5, 0.6) is 5.75 Å². The van der Waals surface area contributed by atoms with E-state index in [9.17, 15) is 18.0 Å². The number of alkyl halides is 3. The van der Waals surface area contributed by atoms with Crippen LogP contribution in [0, 0.1) is 0 Å². The molecular formula is C21H23F3N4O2. The van der Waals surface area contributed by atoms with Gasteiger partial charge in [-0.1, -0.05) is 24.3 Å². The SMILES string of the molecule is CN=C(NCCCN1C(=O)COc2ccccc21)NCc1cccc(C(F)(F)F)c1. The van der Waals surface area contributed by atoms with Crippen molar-refractivity contribution in [2.45, 2.75) is 19.1 Å². The number of nitrogens with one attached hydrogen (secondary N) is 2.